The molecule has 0 fully saturated rings. The number of anilines is 1. The minimum Gasteiger partial charge on any atom is -0.497 e. The van der Waals surface area contributed by atoms with Gasteiger partial charge in [0.2, 0.25) is 0 Å². The van der Waals surface area contributed by atoms with Gasteiger partial charge in [-0.05, 0) is 30.2 Å². The molecule has 2 N–H and O–H groups in total. The van der Waals surface area contributed by atoms with Crippen LogP contribution in [0.15, 0.2) is 42.5 Å². The van der Waals surface area contributed by atoms with Gasteiger partial charge < -0.3 is 24.8 Å². The summed E-state index contributed by atoms with van der Waals surface area (Å²) in [5.41, 5.74) is 1.31. The fraction of sp³-hybridized carbons (Fsp3) is 0.263. The van der Waals surface area contributed by atoms with Crippen LogP contribution in [0.2, 0.25) is 0 Å². The molecule has 2 aromatic carbocycles. The molecule has 7 heteroatoms. The Labute approximate surface area is 152 Å². The third-order valence-corrected chi connectivity index (χ3v) is 3.73. The number of carbonyl (C=O) groups excluding carboxylic acids is 2. The first-order chi connectivity index (χ1) is 12.6. The van der Waals surface area contributed by atoms with E-state index in [0.717, 1.165) is 11.3 Å². The Morgan fingerprint density at radius 3 is 2.31 bits per heavy atom. The summed E-state index contributed by atoms with van der Waals surface area (Å²) in [6, 6.07) is 12.4. The monoisotopic (exact) mass is 358 g/mol. The lowest BCUT2D eigenvalue weighted by Gasteiger charge is -2.12. The summed E-state index contributed by atoms with van der Waals surface area (Å²) in [5, 5.41) is 5.12. The van der Waals surface area contributed by atoms with E-state index in [1.807, 2.05) is 24.3 Å². The first-order valence-electron chi connectivity index (χ1n) is 8.02. The molecule has 0 aliphatic heterocycles. The third kappa shape index (κ3) is 4.89. The fourth-order valence-corrected chi connectivity index (χ4v) is 2.39. The molecule has 2 aromatic rings. The molecule has 138 valence electrons. The molecule has 0 unspecified atom stereocenters. The topological polar surface area (TPSA) is 85.9 Å². The van der Waals surface area contributed by atoms with Crippen LogP contribution in [0.3, 0.4) is 0 Å². The lowest BCUT2D eigenvalue weighted by molar-refractivity contribution is -0.136. The number of carbonyl (C=O) groups is 2. The van der Waals surface area contributed by atoms with Crippen molar-refractivity contribution in [1.82, 2.24) is 5.32 Å². The summed E-state index contributed by atoms with van der Waals surface area (Å²) in [6.45, 7) is 0.307. The molecule has 0 saturated carbocycles. The van der Waals surface area contributed by atoms with Crippen molar-refractivity contribution in [2.45, 2.75) is 6.42 Å². The Hall–Kier alpha value is -3.22. The maximum atomic E-state index is 12.1. The molecule has 0 radical (unpaired) electrons. The molecule has 2 amide bonds. The van der Waals surface area contributed by atoms with Gasteiger partial charge in [0.25, 0.3) is 0 Å². The largest absolute Gasteiger partial charge is 0.497 e. The van der Waals surface area contributed by atoms with Crippen molar-refractivity contribution in [3.63, 3.8) is 0 Å². The van der Waals surface area contributed by atoms with Crippen LogP contribution in [-0.2, 0) is 16.0 Å². The second-order valence-corrected chi connectivity index (χ2v) is 5.34. The van der Waals surface area contributed by atoms with Gasteiger partial charge in [0.1, 0.15) is 17.2 Å². The number of benzene rings is 2. The second kappa shape index (κ2) is 9.31. The first kappa shape index (κ1) is 19.1. The molecule has 2 rings (SSSR count). The molecule has 0 saturated heterocycles. The summed E-state index contributed by atoms with van der Waals surface area (Å²) in [5.74, 6) is 0.201. The quantitative estimate of drug-likeness (QED) is 0.740. The first-order valence-corrected chi connectivity index (χ1v) is 8.02. The number of hydrogen-bond acceptors (Lipinski definition) is 5. The van der Waals surface area contributed by atoms with E-state index in [1.54, 1.807) is 25.3 Å². The Bertz CT molecular complexity index is 776. The Morgan fingerprint density at radius 2 is 1.62 bits per heavy atom. The van der Waals surface area contributed by atoms with Crippen LogP contribution in [-0.4, -0.2) is 39.7 Å². The number of methoxy groups -OCH3 is 3. The van der Waals surface area contributed by atoms with Crippen molar-refractivity contribution < 1.29 is 23.8 Å². The van der Waals surface area contributed by atoms with Crippen molar-refractivity contribution >= 4 is 17.5 Å². The van der Waals surface area contributed by atoms with Gasteiger partial charge in [0, 0.05) is 12.6 Å². The highest BCUT2D eigenvalue weighted by Crippen LogP contribution is 2.28. The number of nitrogens with one attached hydrogen (secondary N) is 2. The van der Waals surface area contributed by atoms with Crippen LogP contribution in [0.1, 0.15) is 5.56 Å². The van der Waals surface area contributed by atoms with E-state index in [0.29, 0.717) is 30.2 Å². The van der Waals surface area contributed by atoms with Gasteiger partial charge in [-0.2, -0.15) is 0 Å². The van der Waals surface area contributed by atoms with Crippen molar-refractivity contribution in [3.05, 3.63) is 48.0 Å². The summed E-state index contributed by atoms with van der Waals surface area (Å²) in [6.07, 6.45) is 0.547. The second-order valence-electron chi connectivity index (χ2n) is 5.34. The smallest absolute Gasteiger partial charge is 0.313 e. The van der Waals surface area contributed by atoms with Gasteiger partial charge in [-0.3, -0.25) is 9.59 Å². The fourth-order valence-electron chi connectivity index (χ4n) is 2.39. The van der Waals surface area contributed by atoms with Crippen LogP contribution in [0.25, 0.3) is 0 Å². The maximum absolute atomic E-state index is 12.1. The SMILES string of the molecule is COc1ccc(OC)c(NC(=O)C(=O)NCCc2ccccc2OC)c1. The van der Waals surface area contributed by atoms with E-state index in [4.69, 9.17) is 14.2 Å². The van der Waals surface area contributed by atoms with Crippen molar-refractivity contribution in [2.24, 2.45) is 0 Å². The van der Waals surface area contributed by atoms with Crippen molar-refractivity contribution in [2.75, 3.05) is 33.2 Å². The predicted molar refractivity (Wildman–Crippen MR) is 97.9 cm³/mol. The number of hydrogen-bond donors (Lipinski definition) is 2. The van der Waals surface area contributed by atoms with Gasteiger partial charge in [-0.1, -0.05) is 18.2 Å². The molecule has 0 atom stereocenters. The highest BCUT2D eigenvalue weighted by Gasteiger charge is 2.16. The van der Waals surface area contributed by atoms with E-state index in [9.17, 15) is 9.59 Å². The van der Waals surface area contributed by atoms with Gasteiger partial charge in [0.15, 0.2) is 0 Å². The van der Waals surface area contributed by atoms with Crippen LogP contribution >= 0.6 is 0 Å². The molecule has 0 aliphatic carbocycles. The minimum absolute atomic E-state index is 0.307. The summed E-state index contributed by atoms with van der Waals surface area (Å²) in [4.78, 5) is 24.1. The summed E-state index contributed by atoms with van der Waals surface area (Å²) >= 11 is 0. The normalized spacial score (nSPS) is 9.96. The van der Waals surface area contributed by atoms with Crippen LogP contribution in [0, 0.1) is 0 Å². The van der Waals surface area contributed by atoms with E-state index in [1.165, 1.54) is 14.2 Å². The van der Waals surface area contributed by atoms with E-state index in [2.05, 4.69) is 10.6 Å². The molecule has 0 heterocycles. The lowest BCUT2D eigenvalue weighted by atomic mass is 10.1. The number of rotatable bonds is 7. The standard InChI is InChI=1S/C19H22N2O5/c1-24-14-8-9-17(26-3)15(12-14)21-19(23)18(22)20-11-10-13-6-4-5-7-16(13)25-2/h4-9,12H,10-11H2,1-3H3,(H,20,22)(H,21,23). The molecule has 0 spiro atoms. The van der Waals surface area contributed by atoms with Gasteiger partial charge >= 0.3 is 11.8 Å². The zero-order chi connectivity index (χ0) is 18.9. The minimum atomic E-state index is -0.781. The summed E-state index contributed by atoms with van der Waals surface area (Å²) < 4.78 is 15.5. The Morgan fingerprint density at radius 1 is 0.885 bits per heavy atom. The molecule has 26 heavy (non-hydrogen) atoms. The van der Waals surface area contributed by atoms with Crippen LogP contribution in [0.4, 0.5) is 5.69 Å². The Balaban J connectivity index is 1.93. The number of para-hydroxylation sites is 1. The average molecular weight is 358 g/mol. The molecule has 7 nitrogen and oxygen atoms in total. The van der Waals surface area contributed by atoms with Gasteiger partial charge in [-0.15, -0.1) is 0 Å². The van der Waals surface area contributed by atoms with Crippen LogP contribution in [0.5, 0.6) is 17.2 Å². The van der Waals surface area contributed by atoms with Crippen molar-refractivity contribution in [1.29, 1.82) is 0 Å². The lowest BCUT2D eigenvalue weighted by Crippen LogP contribution is -2.36. The van der Waals surface area contributed by atoms with Gasteiger partial charge in [0.05, 0.1) is 27.0 Å². The third-order valence-electron chi connectivity index (χ3n) is 3.73. The highest BCUT2D eigenvalue weighted by atomic mass is 16.5. The molecular formula is C19H22N2O5. The zero-order valence-electron chi connectivity index (χ0n) is 15.0. The number of ether oxygens (including phenoxy) is 3. The molecule has 0 aliphatic rings. The van der Waals surface area contributed by atoms with E-state index < -0.39 is 11.8 Å². The molecule has 0 bridgehead atoms. The Kier molecular flexibility index (Phi) is 6.84. The van der Waals surface area contributed by atoms with Gasteiger partial charge in [-0.25, -0.2) is 0 Å². The van der Waals surface area contributed by atoms with Crippen LogP contribution < -0.4 is 24.8 Å². The predicted octanol–water partition coefficient (Wildman–Crippen LogP) is 2.01. The van der Waals surface area contributed by atoms with E-state index in [-0.39, 0.29) is 0 Å². The van der Waals surface area contributed by atoms with Crippen molar-refractivity contribution in [3.8, 4) is 17.2 Å². The number of amides is 2. The summed E-state index contributed by atoms with van der Waals surface area (Å²) in [7, 11) is 4.58. The highest BCUT2D eigenvalue weighted by molar-refractivity contribution is 6.39. The van der Waals surface area contributed by atoms with E-state index >= 15 is 0 Å². The molecule has 0 aromatic heterocycles. The zero-order valence-corrected chi connectivity index (χ0v) is 15.0. The maximum Gasteiger partial charge on any atom is 0.313 e. The average Bonchev–Trinajstić information content (AvgIpc) is 2.68. The molecular weight excluding hydrogens is 336 g/mol.